The molecule has 1 N–H and O–H groups in total. The third kappa shape index (κ3) is 7.13. The molecule has 0 bridgehead atoms. The minimum atomic E-state index is -4.75. The number of hydrogen-bond donors (Lipinski definition) is 1. The number of fused-ring (bicyclic) bond motifs is 1. The lowest BCUT2D eigenvalue weighted by Gasteiger charge is -2.17. The number of alkyl halides is 3. The molecule has 242 valence electrons. The average molecular weight is 647 g/mol. The first kappa shape index (κ1) is 32.4. The largest absolute Gasteiger partial charge is 0.494 e. The van der Waals surface area contributed by atoms with E-state index in [1.54, 1.807) is 0 Å². The first-order valence-corrected chi connectivity index (χ1v) is 13.9. The summed E-state index contributed by atoms with van der Waals surface area (Å²) in [6.45, 7) is 2.18. The topological polar surface area (TPSA) is 126 Å². The van der Waals surface area contributed by atoms with Gasteiger partial charge in [-0.1, -0.05) is 18.1 Å². The molecule has 0 saturated heterocycles. The number of ether oxygens (including phenoxy) is 3. The van der Waals surface area contributed by atoms with Crippen LogP contribution in [0.25, 0.3) is 34.0 Å². The van der Waals surface area contributed by atoms with Crippen molar-refractivity contribution in [3.63, 3.8) is 0 Å². The molecule has 1 aromatic heterocycles. The van der Waals surface area contributed by atoms with Gasteiger partial charge < -0.3 is 24.1 Å². The Bertz CT molecular complexity index is 1780. The minimum Gasteiger partial charge on any atom is -0.494 e. The minimum absolute atomic E-state index is 0.00848. The van der Waals surface area contributed by atoms with Crippen molar-refractivity contribution in [2.45, 2.75) is 25.6 Å². The van der Waals surface area contributed by atoms with Crippen LogP contribution in [0.15, 0.2) is 59.4 Å². The highest BCUT2D eigenvalue weighted by molar-refractivity contribution is 5.83. The van der Waals surface area contributed by atoms with Crippen LogP contribution in [0.4, 0.5) is 22.0 Å². The van der Waals surface area contributed by atoms with Gasteiger partial charge in [-0.25, -0.2) is 18.7 Å². The number of aromatic nitrogens is 5. The number of rotatable bonds is 13. The molecule has 0 fully saturated rings. The number of carbonyl (C=O) groups is 1. The van der Waals surface area contributed by atoms with E-state index in [4.69, 9.17) is 18.7 Å². The summed E-state index contributed by atoms with van der Waals surface area (Å²) in [6.07, 6.45) is -1.58. The summed E-state index contributed by atoms with van der Waals surface area (Å²) < 4.78 is 92.4. The van der Waals surface area contributed by atoms with E-state index >= 15 is 0 Å². The molecule has 5 rings (SSSR count). The van der Waals surface area contributed by atoms with E-state index in [0.717, 1.165) is 16.8 Å². The van der Waals surface area contributed by atoms with Gasteiger partial charge in [0.15, 0.2) is 29.3 Å². The van der Waals surface area contributed by atoms with Crippen LogP contribution in [0.1, 0.15) is 30.7 Å². The summed E-state index contributed by atoms with van der Waals surface area (Å²) in [5.74, 6) is -3.12. The van der Waals surface area contributed by atoms with Crippen LogP contribution in [0.2, 0.25) is 0 Å². The molecular weight excluding hydrogens is 619 g/mol. The van der Waals surface area contributed by atoms with Gasteiger partial charge in [-0.2, -0.15) is 18.3 Å². The van der Waals surface area contributed by atoms with E-state index < -0.39 is 35.3 Å². The summed E-state index contributed by atoms with van der Waals surface area (Å²) in [4.78, 5) is 21.9. The van der Waals surface area contributed by atoms with Gasteiger partial charge in [0.05, 0.1) is 36.7 Å². The van der Waals surface area contributed by atoms with E-state index in [0.29, 0.717) is 6.42 Å². The smallest absolute Gasteiger partial charge is 0.417 e. The summed E-state index contributed by atoms with van der Waals surface area (Å²) >= 11 is 0. The van der Waals surface area contributed by atoms with Crippen LogP contribution in [0.3, 0.4) is 0 Å². The molecule has 0 saturated carbocycles. The highest BCUT2D eigenvalue weighted by Crippen LogP contribution is 2.40. The van der Waals surface area contributed by atoms with E-state index in [2.05, 4.69) is 25.5 Å². The zero-order valence-electron chi connectivity index (χ0n) is 24.5. The summed E-state index contributed by atoms with van der Waals surface area (Å²) in [5.41, 5.74) is -1.30. The van der Waals surface area contributed by atoms with Crippen molar-refractivity contribution in [2.24, 2.45) is 0 Å². The number of nitrogens with zero attached hydrogens (tertiary/aromatic N) is 5. The van der Waals surface area contributed by atoms with E-state index in [1.165, 1.54) is 49.8 Å². The normalized spacial score (nSPS) is 12.4. The Labute approximate surface area is 258 Å². The monoisotopic (exact) mass is 646 g/mol. The second kappa shape index (κ2) is 14.0. The lowest BCUT2D eigenvalue weighted by atomic mass is 10.0. The molecule has 2 aliphatic rings. The molecule has 46 heavy (non-hydrogen) atoms. The quantitative estimate of drug-likeness (QED) is 0.100. The van der Waals surface area contributed by atoms with E-state index in [9.17, 15) is 26.7 Å². The first-order valence-electron chi connectivity index (χ1n) is 13.9. The van der Waals surface area contributed by atoms with Crippen LogP contribution >= 0.6 is 0 Å². The summed E-state index contributed by atoms with van der Waals surface area (Å²) in [5, 5.41) is 10.7. The zero-order chi connectivity index (χ0) is 32.8. The van der Waals surface area contributed by atoms with Crippen molar-refractivity contribution in [3.8, 4) is 39.8 Å². The summed E-state index contributed by atoms with van der Waals surface area (Å²) in [7, 11) is 1.44. The number of hydrogen-bond acceptors (Lipinski definition) is 9. The number of benzene rings is 2. The maximum absolute atomic E-state index is 14.4. The van der Waals surface area contributed by atoms with E-state index in [1.807, 2.05) is 6.92 Å². The van der Waals surface area contributed by atoms with Gasteiger partial charge in [0.2, 0.25) is 0 Å². The van der Waals surface area contributed by atoms with Crippen LogP contribution in [-0.4, -0.2) is 64.5 Å². The van der Waals surface area contributed by atoms with Crippen molar-refractivity contribution in [1.29, 1.82) is 0 Å². The lowest BCUT2D eigenvalue weighted by Crippen LogP contribution is -2.36. The molecule has 0 radical (unpaired) electrons. The zero-order valence-corrected chi connectivity index (χ0v) is 24.5. The van der Waals surface area contributed by atoms with Crippen molar-refractivity contribution in [3.05, 3.63) is 77.8 Å². The fraction of sp³-hybridized carbons (Fsp3) is 0.300. The lowest BCUT2D eigenvalue weighted by molar-refractivity contribution is -0.137. The summed E-state index contributed by atoms with van der Waals surface area (Å²) in [6, 6.07) is 6.86. The van der Waals surface area contributed by atoms with Gasteiger partial charge in [0, 0.05) is 25.3 Å². The Balaban J connectivity index is 1.52. The second-order valence-corrected chi connectivity index (χ2v) is 9.85. The molecule has 3 heterocycles. The predicted octanol–water partition coefficient (Wildman–Crippen LogP) is 5.51. The number of halogens is 5. The SMILES string of the molecule is CCCOc1ccc(-c2cc(C(C(=O)NCCOCOC)n3cc4nc(-c5cccc(F)c5F)nc-4cn3)on2)c(C(F)(F)F)c1. The molecule has 1 amide bonds. The van der Waals surface area contributed by atoms with Gasteiger partial charge >= 0.3 is 6.18 Å². The van der Waals surface area contributed by atoms with Crippen molar-refractivity contribution in [1.82, 2.24) is 30.2 Å². The van der Waals surface area contributed by atoms with Crippen LogP contribution in [0, 0.1) is 11.6 Å². The van der Waals surface area contributed by atoms with E-state index in [-0.39, 0.29) is 72.1 Å². The predicted molar refractivity (Wildman–Crippen MR) is 151 cm³/mol. The molecule has 11 nitrogen and oxygen atoms in total. The first-order chi connectivity index (χ1) is 22.1. The number of amides is 1. The van der Waals surface area contributed by atoms with Crippen molar-refractivity contribution < 1.29 is 45.5 Å². The van der Waals surface area contributed by atoms with Gasteiger partial charge in [0.1, 0.15) is 29.6 Å². The third-order valence-corrected chi connectivity index (χ3v) is 6.58. The highest BCUT2D eigenvalue weighted by atomic mass is 19.4. The number of carbonyl (C=O) groups excluding carboxylic acids is 1. The number of methoxy groups -OCH3 is 1. The van der Waals surface area contributed by atoms with Crippen LogP contribution < -0.4 is 10.1 Å². The highest BCUT2D eigenvalue weighted by Gasteiger charge is 2.36. The third-order valence-electron chi connectivity index (χ3n) is 6.58. The molecule has 16 heteroatoms. The van der Waals surface area contributed by atoms with Gasteiger partial charge in [-0.05, 0) is 36.8 Å². The Morgan fingerprint density at radius 2 is 1.85 bits per heavy atom. The Morgan fingerprint density at radius 1 is 1.04 bits per heavy atom. The van der Waals surface area contributed by atoms with Gasteiger partial charge in [-0.3, -0.25) is 9.48 Å². The van der Waals surface area contributed by atoms with Crippen molar-refractivity contribution >= 4 is 5.91 Å². The Hall–Kier alpha value is -4.96. The van der Waals surface area contributed by atoms with Gasteiger partial charge in [0.25, 0.3) is 5.91 Å². The average Bonchev–Trinajstić information content (AvgIpc) is 3.68. The molecule has 0 aliphatic carbocycles. The molecular formula is C30H27F5N6O5. The fourth-order valence-corrected chi connectivity index (χ4v) is 4.48. The molecule has 2 aromatic carbocycles. The maximum atomic E-state index is 14.4. The molecule has 1 atom stereocenters. The second-order valence-electron chi connectivity index (χ2n) is 9.85. The molecule has 0 spiro atoms. The molecule has 1 unspecified atom stereocenters. The molecule has 2 aliphatic heterocycles. The van der Waals surface area contributed by atoms with Crippen molar-refractivity contribution in [2.75, 3.05) is 33.7 Å². The Kier molecular flexibility index (Phi) is 9.87. The van der Waals surface area contributed by atoms with Crippen LogP contribution in [0.5, 0.6) is 5.75 Å². The standard InChI is InChI=1S/C30H27F5N6O5/c1-3-10-45-17-7-8-18(20(12-17)30(33,34)35)22-13-25(46-40-22)27(29(42)36-9-11-44-16-43-2)41-15-24-23(14-37-41)38-28(39-24)19-5-4-6-21(31)26(19)32/h4-8,12-15,27H,3,9-11,16H2,1-2H3,(H,36,42). The molecule has 3 aromatic rings. The Morgan fingerprint density at radius 3 is 2.61 bits per heavy atom. The number of imidazole rings is 1. The number of nitrogens with one attached hydrogen (secondary N) is 1. The van der Waals surface area contributed by atoms with Gasteiger partial charge in [-0.15, -0.1) is 0 Å². The maximum Gasteiger partial charge on any atom is 0.417 e. The fourth-order valence-electron chi connectivity index (χ4n) is 4.48. The van der Waals surface area contributed by atoms with Crippen LogP contribution in [-0.2, 0) is 20.4 Å².